The number of aliphatic hydroxyl groups excluding tert-OH is 1. The summed E-state index contributed by atoms with van der Waals surface area (Å²) in [6.45, 7) is 4.24. The second kappa shape index (κ2) is 6.65. The quantitative estimate of drug-likeness (QED) is 0.697. The Morgan fingerprint density at radius 1 is 1.35 bits per heavy atom. The highest BCUT2D eigenvalue weighted by molar-refractivity contribution is 5.39. The summed E-state index contributed by atoms with van der Waals surface area (Å²) < 4.78 is 3.35. The Morgan fingerprint density at radius 2 is 2.19 bits per heavy atom. The highest BCUT2D eigenvalue weighted by Gasteiger charge is 2.26. The molecule has 9 nitrogen and oxygen atoms in total. The third-order valence-electron chi connectivity index (χ3n) is 5.03. The van der Waals surface area contributed by atoms with Gasteiger partial charge >= 0.3 is 0 Å². The first-order valence-electron chi connectivity index (χ1n) is 8.85. The number of hydrogen-bond donors (Lipinski definition) is 2. The van der Waals surface area contributed by atoms with Gasteiger partial charge in [0.05, 0.1) is 5.69 Å². The number of fused-ring (bicyclic) bond motifs is 1. The molecule has 4 heterocycles. The van der Waals surface area contributed by atoms with Crippen molar-refractivity contribution in [3.8, 4) is 0 Å². The highest BCUT2D eigenvalue weighted by atomic mass is 16.3. The van der Waals surface area contributed by atoms with E-state index in [0.717, 1.165) is 43.1 Å². The lowest BCUT2D eigenvalue weighted by molar-refractivity contribution is 0.192. The fraction of sp³-hybridized carbons (Fsp3) is 0.529. The predicted molar refractivity (Wildman–Crippen MR) is 94.7 cm³/mol. The monoisotopic (exact) mass is 357 g/mol. The first kappa shape index (κ1) is 16.9. The minimum absolute atomic E-state index is 0.0902. The number of hydrogen-bond acceptors (Lipinski definition) is 6. The maximum atomic E-state index is 12.2. The van der Waals surface area contributed by atoms with Gasteiger partial charge in [0.15, 0.2) is 11.5 Å². The molecule has 0 spiro atoms. The third-order valence-corrected chi connectivity index (χ3v) is 5.03. The zero-order valence-electron chi connectivity index (χ0n) is 15.0. The largest absolute Gasteiger partial charge is 0.388 e. The molecule has 3 aromatic heterocycles. The molecule has 0 amide bonds. The molecule has 0 radical (unpaired) electrons. The zero-order valence-corrected chi connectivity index (χ0v) is 15.0. The fourth-order valence-electron chi connectivity index (χ4n) is 3.75. The normalized spacial score (nSPS) is 18.7. The van der Waals surface area contributed by atoms with Crippen LogP contribution in [0, 0.1) is 6.92 Å². The molecule has 1 aliphatic rings. The van der Waals surface area contributed by atoms with Crippen molar-refractivity contribution in [3.63, 3.8) is 0 Å². The average Bonchev–Trinajstić information content (AvgIpc) is 3.17. The zero-order chi connectivity index (χ0) is 18.3. The number of aromatic nitrogens is 6. The summed E-state index contributed by atoms with van der Waals surface area (Å²) in [6.07, 6.45) is 2.09. The van der Waals surface area contributed by atoms with Crippen molar-refractivity contribution in [2.45, 2.75) is 38.8 Å². The lowest BCUT2D eigenvalue weighted by Gasteiger charge is -2.31. The topological polar surface area (TPSA) is 104 Å². The van der Waals surface area contributed by atoms with Gasteiger partial charge in [-0.2, -0.15) is 0 Å². The molecule has 9 heteroatoms. The number of rotatable bonds is 4. The van der Waals surface area contributed by atoms with E-state index in [1.165, 1.54) is 4.52 Å². The van der Waals surface area contributed by atoms with Crippen molar-refractivity contribution in [1.29, 1.82) is 0 Å². The summed E-state index contributed by atoms with van der Waals surface area (Å²) in [5.41, 5.74) is 2.25. The lowest BCUT2D eigenvalue weighted by atomic mass is 9.97. The van der Waals surface area contributed by atoms with E-state index in [1.807, 2.05) is 24.6 Å². The molecule has 26 heavy (non-hydrogen) atoms. The number of nitrogens with zero attached hydrogens (tertiary/aromatic N) is 6. The fourth-order valence-corrected chi connectivity index (χ4v) is 3.75. The van der Waals surface area contributed by atoms with Crippen LogP contribution in [0.25, 0.3) is 5.65 Å². The number of H-pyrrole nitrogens is 1. The molecule has 0 bridgehead atoms. The molecule has 0 aliphatic carbocycles. The summed E-state index contributed by atoms with van der Waals surface area (Å²) >= 11 is 0. The van der Waals surface area contributed by atoms with Gasteiger partial charge in [-0.3, -0.25) is 14.8 Å². The van der Waals surface area contributed by atoms with Crippen molar-refractivity contribution in [2.75, 3.05) is 13.1 Å². The van der Waals surface area contributed by atoms with E-state index < -0.39 is 0 Å². The van der Waals surface area contributed by atoms with Crippen LogP contribution >= 0.6 is 0 Å². The molecule has 138 valence electrons. The molecule has 0 aromatic carbocycles. The first-order valence-corrected chi connectivity index (χ1v) is 8.85. The maximum Gasteiger partial charge on any atom is 0.272 e. The molecule has 0 saturated carbocycles. The number of aromatic amines is 1. The van der Waals surface area contributed by atoms with Crippen molar-refractivity contribution in [1.82, 2.24) is 34.3 Å². The summed E-state index contributed by atoms with van der Waals surface area (Å²) in [5.74, 6) is 1.75. The summed E-state index contributed by atoms with van der Waals surface area (Å²) in [6, 6.07) is 3.47. The lowest BCUT2D eigenvalue weighted by Crippen LogP contribution is -2.35. The van der Waals surface area contributed by atoms with Gasteiger partial charge in [0, 0.05) is 43.9 Å². The van der Waals surface area contributed by atoms with E-state index >= 15 is 0 Å². The Balaban J connectivity index is 1.53. The molecule has 4 rings (SSSR count). The summed E-state index contributed by atoms with van der Waals surface area (Å²) in [7, 11) is 1.89. The predicted octanol–water partition coefficient (Wildman–Crippen LogP) is 0.331. The van der Waals surface area contributed by atoms with Gasteiger partial charge < -0.3 is 9.67 Å². The van der Waals surface area contributed by atoms with E-state index in [0.29, 0.717) is 18.0 Å². The van der Waals surface area contributed by atoms with Crippen molar-refractivity contribution >= 4 is 5.65 Å². The van der Waals surface area contributed by atoms with Crippen LogP contribution < -0.4 is 5.56 Å². The molecule has 1 atom stereocenters. The van der Waals surface area contributed by atoms with E-state index in [1.54, 1.807) is 6.07 Å². The maximum absolute atomic E-state index is 12.2. The number of nitrogens with one attached hydrogen (secondary N) is 1. The SMILES string of the molecule is Cc1cc2nc(CN3CCC[C@H](c4nnc(CO)n4C)C3)cc(=O)n2[nH]1. The second-order valence-electron chi connectivity index (χ2n) is 6.98. The summed E-state index contributed by atoms with van der Waals surface area (Å²) in [4.78, 5) is 19.2. The summed E-state index contributed by atoms with van der Waals surface area (Å²) in [5, 5.41) is 20.6. The Morgan fingerprint density at radius 3 is 2.96 bits per heavy atom. The van der Waals surface area contributed by atoms with Crippen LogP contribution in [0.15, 0.2) is 16.9 Å². The number of aryl methyl sites for hydroxylation is 1. The molecular formula is C17H23N7O2. The molecule has 2 N–H and O–H groups in total. The van der Waals surface area contributed by atoms with E-state index in [9.17, 15) is 9.90 Å². The van der Waals surface area contributed by atoms with Crippen LogP contribution in [0.5, 0.6) is 0 Å². The Hall–Kier alpha value is -2.52. The highest BCUT2D eigenvalue weighted by Crippen LogP contribution is 2.26. The minimum atomic E-state index is -0.107. The van der Waals surface area contributed by atoms with Gasteiger partial charge in [-0.15, -0.1) is 10.2 Å². The Bertz CT molecular complexity index is 987. The third kappa shape index (κ3) is 3.04. The second-order valence-corrected chi connectivity index (χ2v) is 6.98. The Kier molecular flexibility index (Phi) is 4.33. The van der Waals surface area contributed by atoms with Gasteiger partial charge in [0.25, 0.3) is 5.56 Å². The van der Waals surface area contributed by atoms with E-state index in [4.69, 9.17) is 0 Å². The average molecular weight is 357 g/mol. The molecule has 3 aromatic rings. The van der Waals surface area contributed by atoms with Crippen LogP contribution in [-0.2, 0) is 20.2 Å². The van der Waals surface area contributed by atoms with E-state index in [2.05, 4.69) is 25.2 Å². The van der Waals surface area contributed by atoms with Crippen LogP contribution in [0.1, 0.15) is 41.8 Å². The van der Waals surface area contributed by atoms with Crippen LogP contribution in [0.3, 0.4) is 0 Å². The number of likely N-dealkylation sites (tertiary alicyclic amines) is 1. The van der Waals surface area contributed by atoms with Crippen molar-refractivity contribution in [3.05, 3.63) is 45.5 Å². The van der Waals surface area contributed by atoms with Crippen LogP contribution in [0.2, 0.25) is 0 Å². The van der Waals surface area contributed by atoms with Crippen LogP contribution in [-0.4, -0.2) is 52.5 Å². The molecule has 1 aliphatic heterocycles. The van der Waals surface area contributed by atoms with Gasteiger partial charge in [-0.1, -0.05) is 0 Å². The molecule has 0 unspecified atom stereocenters. The van der Waals surface area contributed by atoms with Gasteiger partial charge in [-0.25, -0.2) is 9.50 Å². The number of aliphatic hydroxyl groups is 1. The minimum Gasteiger partial charge on any atom is -0.388 e. The Labute approximate surface area is 150 Å². The number of piperidine rings is 1. The van der Waals surface area contributed by atoms with Crippen molar-refractivity contribution in [2.24, 2.45) is 7.05 Å². The standard InChI is InChI=1S/C17H23N7O2/c1-11-6-14-18-13(7-16(26)24(14)21-11)9-23-5-3-4-12(8-23)17-20-19-15(10-25)22(17)2/h6-7,12,21,25H,3-5,8-10H2,1-2H3/t12-/m0/s1. The van der Waals surface area contributed by atoms with Gasteiger partial charge in [-0.05, 0) is 26.3 Å². The van der Waals surface area contributed by atoms with Crippen LogP contribution in [0.4, 0.5) is 0 Å². The van der Waals surface area contributed by atoms with Gasteiger partial charge in [0.1, 0.15) is 12.4 Å². The van der Waals surface area contributed by atoms with Crippen molar-refractivity contribution < 1.29 is 5.11 Å². The molecular weight excluding hydrogens is 334 g/mol. The van der Waals surface area contributed by atoms with E-state index in [-0.39, 0.29) is 18.1 Å². The molecule has 1 fully saturated rings. The molecule has 1 saturated heterocycles. The van der Waals surface area contributed by atoms with Gasteiger partial charge in [0.2, 0.25) is 0 Å². The smallest absolute Gasteiger partial charge is 0.272 e. The first-order chi connectivity index (χ1) is 12.5.